The largest absolute Gasteiger partial charge is 0.380 e. The van der Waals surface area contributed by atoms with Crippen LogP contribution in [0.1, 0.15) is 25.7 Å². The first-order valence-corrected chi connectivity index (χ1v) is 9.99. The zero-order valence-electron chi connectivity index (χ0n) is 16.5. The molecule has 2 aromatic rings. The lowest BCUT2D eigenvalue weighted by Crippen LogP contribution is -2.50. The Morgan fingerprint density at radius 2 is 2.14 bits per heavy atom. The average Bonchev–Trinajstić information content (AvgIpc) is 3.37. The summed E-state index contributed by atoms with van der Waals surface area (Å²) in [6.45, 7) is 1.98. The number of likely N-dealkylation sites (tertiary alicyclic amines) is 1. The molecule has 0 radical (unpaired) electrons. The molecule has 0 bridgehead atoms. The fourth-order valence-corrected chi connectivity index (χ4v) is 4.67. The average molecular weight is 384 g/mol. The highest BCUT2D eigenvalue weighted by Gasteiger charge is 2.39. The van der Waals surface area contributed by atoms with Gasteiger partial charge in [0.05, 0.1) is 6.10 Å². The Kier molecular flexibility index (Phi) is 5.37. The lowest BCUT2D eigenvalue weighted by Gasteiger charge is -2.35. The van der Waals surface area contributed by atoms with Crippen LogP contribution in [0.25, 0.3) is 10.8 Å². The number of nitrogens with one attached hydrogen (secondary N) is 2. The van der Waals surface area contributed by atoms with E-state index in [9.17, 15) is 9.59 Å². The number of aromatic amines is 1. The van der Waals surface area contributed by atoms with Gasteiger partial charge in [-0.2, -0.15) is 0 Å². The minimum Gasteiger partial charge on any atom is -0.380 e. The summed E-state index contributed by atoms with van der Waals surface area (Å²) in [6, 6.07) is 7.72. The standard InChI is InChI=1S/C21H28N4O3/c1-24(18-4-3-5-19(18)25-11-9-16(13-25)28-2)21(27)23-15-7-6-14-8-10-22-20(26)17(14)12-15/h6-8,10,12,16,18-19H,3-5,9,11,13H2,1-2H3,(H,22,26)(H,23,27)/t16?,18-,19+/m0/s1. The van der Waals surface area contributed by atoms with Gasteiger partial charge in [0.25, 0.3) is 5.56 Å². The predicted molar refractivity (Wildman–Crippen MR) is 110 cm³/mol. The Balaban J connectivity index is 1.45. The van der Waals surface area contributed by atoms with Crippen LogP contribution in [0.2, 0.25) is 0 Å². The number of hydrogen-bond donors (Lipinski definition) is 2. The number of fused-ring (bicyclic) bond motifs is 1. The van der Waals surface area contributed by atoms with Crippen molar-refractivity contribution in [3.8, 4) is 0 Å². The van der Waals surface area contributed by atoms with Crippen molar-refractivity contribution in [2.45, 2.75) is 43.9 Å². The summed E-state index contributed by atoms with van der Waals surface area (Å²) >= 11 is 0. The fraction of sp³-hybridized carbons (Fsp3) is 0.524. The van der Waals surface area contributed by atoms with Gasteiger partial charge in [-0.3, -0.25) is 9.69 Å². The van der Waals surface area contributed by atoms with Crippen molar-refractivity contribution in [2.75, 3.05) is 32.6 Å². The van der Waals surface area contributed by atoms with Crippen molar-refractivity contribution in [2.24, 2.45) is 0 Å². The number of anilines is 1. The number of likely N-dealkylation sites (N-methyl/N-ethyl adjacent to an activating group) is 1. The number of carbonyl (C=O) groups excluding carboxylic acids is 1. The molecule has 2 aliphatic rings. The number of pyridine rings is 1. The molecule has 2 fully saturated rings. The molecule has 1 aliphatic carbocycles. The van der Waals surface area contributed by atoms with Gasteiger partial charge in [-0.25, -0.2) is 4.79 Å². The topological polar surface area (TPSA) is 77.7 Å². The molecule has 3 atom stereocenters. The van der Waals surface area contributed by atoms with Gasteiger partial charge >= 0.3 is 6.03 Å². The van der Waals surface area contributed by atoms with Crippen molar-refractivity contribution in [1.29, 1.82) is 0 Å². The molecule has 1 aliphatic heterocycles. The first-order valence-electron chi connectivity index (χ1n) is 9.99. The molecule has 2 N–H and O–H groups in total. The van der Waals surface area contributed by atoms with Crippen LogP contribution in [0.4, 0.5) is 10.5 Å². The molecule has 1 saturated carbocycles. The van der Waals surface area contributed by atoms with Crippen molar-refractivity contribution in [3.63, 3.8) is 0 Å². The summed E-state index contributed by atoms with van der Waals surface area (Å²) in [5, 5.41) is 4.39. The highest BCUT2D eigenvalue weighted by molar-refractivity contribution is 5.93. The van der Waals surface area contributed by atoms with E-state index in [1.54, 1.807) is 19.4 Å². The molecule has 1 aromatic carbocycles. The van der Waals surface area contributed by atoms with E-state index in [2.05, 4.69) is 15.2 Å². The fourth-order valence-electron chi connectivity index (χ4n) is 4.67. The van der Waals surface area contributed by atoms with E-state index in [4.69, 9.17) is 4.74 Å². The first-order chi connectivity index (χ1) is 13.6. The Labute approximate surface area is 164 Å². The highest BCUT2D eigenvalue weighted by atomic mass is 16.5. The van der Waals surface area contributed by atoms with E-state index in [0.717, 1.165) is 44.2 Å². The maximum absolute atomic E-state index is 12.9. The molecule has 7 heteroatoms. The number of urea groups is 1. The van der Waals surface area contributed by atoms with Gasteiger partial charge in [-0.05, 0) is 49.3 Å². The normalized spacial score (nSPS) is 25.3. The number of rotatable bonds is 4. The highest BCUT2D eigenvalue weighted by Crippen LogP contribution is 2.31. The van der Waals surface area contributed by atoms with Crippen LogP contribution >= 0.6 is 0 Å². The van der Waals surface area contributed by atoms with E-state index < -0.39 is 0 Å². The Hall–Kier alpha value is -2.38. The minimum atomic E-state index is -0.153. The van der Waals surface area contributed by atoms with Crippen molar-refractivity contribution in [1.82, 2.24) is 14.8 Å². The Morgan fingerprint density at radius 3 is 2.93 bits per heavy atom. The smallest absolute Gasteiger partial charge is 0.321 e. The van der Waals surface area contributed by atoms with Gasteiger partial charge in [0.2, 0.25) is 0 Å². The summed E-state index contributed by atoms with van der Waals surface area (Å²) in [4.78, 5) is 31.9. The third-order valence-electron chi connectivity index (χ3n) is 6.27. The van der Waals surface area contributed by atoms with Crippen LogP contribution in [0, 0.1) is 0 Å². The second kappa shape index (κ2) is 7.93. The van der Waals surface area contributed by atoms with E-state index >= 15 is 0 Å². The molecule has 28 heavy (non-hydrogen) atoms. The molecule has 1 unspecified atom stereocenters. The molecular formula is C21H28N4O3. The quantitative estimate of drug-likeness (QED) is 0.850. The van der Waals surface area contributed by atoms with Crippen molar-refractivity contribution < 1.29 is 9.53 Å². The zero-order chi connectivity index (χ0) is 19.7. The number of benzene rings is 1. The number of hydrogen-bond acceptors (Lipinski definition) is 4. The number of amides is 2. The lowest BCUT2D eigenvalue weighted by molar-refractivity contribution is 0.0907. The van der Waals surface area contributed by atoms with Crippen LogP contribution in [0.3, 0.4) is 0 Å². The zero-order valence-corrected chi connectivity index (χ0v) is 16.5. The van der Waals surface area contributed by atoms with E-state index in [0.29, 0.717) is 23.2 Å². The molecule has 7 nitrogen and oxygen atoms in total. The number of carbonyl (C=O) groups is 1. The molecule has 0 spiro atoms. The molecule has 1 aromatic heterocycles. The maximum atomic E-state index is 12.9. The second-order valence-corrected chi connectivity index (χ2v) is 7.86. The number of nitrogens with zero attached hydrogens (tertiary/aromatic N) is 2. The molecule has 1 saturated heterocycles. The Morgan fingerprint density at radius 1 is 1.29 bits per heavy atom. The molecule has 150 valence electrons. The summed E-state index contributed by atoms with van der Waals surface area (Å²) < 4.78 is 5.51. The van der Waals surface area contributed by atoms with Gasteiger partial charge in [-0.15, -0.1) is 0 Å². The SMILES string of the molecule is COC1CCN([C@@H]2CCC[C@@H]2N(C)C(=O)Nc2ccc3cc[nH]c(=O)c3c2)C1. The van der Waals surface area contributed by atoms with Gasteiger partial charge < -0.3 is 19.9 Å². The van der Waals surface area contributed by atoms with Crippen LogP contribution < -0.4 is 10.9 Å². The summed E-state index contributed by atoms with van der Waals surface area (Å²) in [5.74, 6) is 0. The van der Waals surface area contributed by atoms with Crippen LogP contribution in [-0.4, -0.2) is 66.2 Å². The van der Waals surface area contributed by atoms with Crippen LogP contribution in [-0.2, 0) is 4.74 Å². The van der Waals surface area contributed by atoms with Gasteiger partial charge in [0.15, 0.2) is 0 Å². The van der Waals surface area contributed by atoms with Gasteiger partial charge in [0, 0.05) is 56.6 Å². The van der Waals surface area contributed by atoms with Crippen molar-refractivity contribution in [3.05, 3.63) is 40.8 Å². The lowest BCUT2D eigenvalue weighted by atomic mass is 10.1. The number of H-pyrrole nitrogens is 1. The summed E-state index contributed by atoms with van der Waals surface area (Å²) in [7, 11) is 3.64. The third-order valence-corrected chi connectivity index (χ3v) is 6.27. The molecular weight excluding hydrogens is 356 g/mol. The van der Waals surface area contributed by atoms with Crippen LogP contribution in [0.5, 0.6) is 0 Å². The van der Waals surface area contributed by atoms with Crippen molar-refractivity contribution >= 4 is 22.5 Å². The molecule has 2 amide bonds. The van der Waals surface area contributed by atoms with Gasteiger partial charge in [-0.1, -0.05) is 6.07 Å². The predicted octanol–water partition coefficient (Wildman–Crippen LogP) is 2.63. The maximum Gasteiger partial charge on any atom is 0.321 e. The number of ether oxygens (including phenoxy) is 1. The number of methoxy groups -OCH3 is 1. The van der Waals surface area contributed by atoms with E-state index in [-0.39, 0.29) is 17.6 Å². The summed E-state index contributed by atoms with van der Waals surface area (Å²) in [5.41, 5.74) is 0.482. The monoisotopic (exact) mass is 384 g/mol. The third kappa shape index (κ3) is 3.64. The van der Waals surface area contributed by atoms with E-state index in [1.807, 2.05) is 30.1 Å². The first kappa shape index (κ1) is 19.0. The molecule has 4 rings (SSSR count). The van der Waals surface area contributed by atoms with Crippen LogP contribution in [0.15, 0.2) is 35.3 Å². The van der Waals surface area contributed by atoms with E-state index in [1.165, 1.54) is 0 Å². The number of aromatic nitrogens is 1. The summed E-state index contributed by atoms with van der Waals surface area (Å²) in [6.07, 6.45) is 6.25. The molecule has 2 heterocycles. The Bertz CT molecular complexity index is 912. The second-order valence-electron chi connectivity index (χ2n) is 7.86. The minimum absolute atomic E-state index is 0.133. The van der Waals surface area contributed by atoms with Gasteiger partial charge in [0.1, 0.15) is 0 Å².